The normalized spacial score (nSPS) is 36.7. The Kier molecular flexibility index (Phi) is 2.60. The summed E-state index contributed by atoms with van der Waals surface area (Å²) in [4.78, 5) is 15.7. The van der Waals surface area contributed by atoms with E-state index in [1.54, 1.807) is 7.05 Å². The van der Waals surface area contributed by atoms with Crippen LogP contribution in [0.1, 0.15) is 13.3 Å². The molecule has 15 heavy (non-hydrogen) atoms. The average Bonchev–Trinajstić information content (AvgIpc) is 2.16. The quantitative estimate of drug-likeness (QED) is 0.469. The Balaban J connectivity index is 2.07. The van der Waals surface area contributed by atoms with E-state index in [4.69, 9.17) is 0 Å². The molecule has 2 atom stereocenters. The minimum atomic E-state index is -0.194. The van der Waals surface area contributed by atoms with Crippen LogP contribution in [-0.4, -0.2) is 66.3 Å². The van der Waals surface area contributed by atoms with E-state index in [-0.39, 0.29) is 16.7 Å². The lowest BCUT2D eigenvalue weighted by Crippen LogP contribution is -2.65. The van der Waals surface area contributed by atoms with Crippen LogP contribution in [0.15, 0.2) is 0 Å². The molecule has 2 amide bonds. The van der Waals surface area contributed by atoms with Crippen LogP contribution in [0.5, 0.6) is 0 Å². The van der Waals surface area contributed by atoms with Crippen molar-refractivity contribution in [2.75, 3.05) is 39.8 Å². The Morgan fingerprint density at radius 2 is 2.27 bits per heavy atom. The summed E-state index contributed by atoms with van der Waals surface area (Å²) >= 11 is 0. The summed E-state index contributed by atoms with van der Waals surface area (Å²) in [6, 6.07) is 0.282. The van der Waals surface area contributed by atoms with Crippen LogP contribution in [0, 0.1) is 5.21 Å². The van der Waals surface area contributed by atoms with E-state index in [0.29, 0.717) is 19.6 Å². The molecular weight excluding hydrogens is 194 g/mol. The summed E-state index contributed by atoms with van der Waals surface area (Å²) < 4.78 is -0.194. The minimum Gasteiger partial charge on any atom is -0.633 e. The first-order valence-electron chi connectivity index (χ1n) is 5.64. The highest BCUT2D eigenvalue weighted by Crippen LogP contribution is 2.22. The number of piperazine rings is 1. The van der Waals surface area contributed by atoms with Gasteiger partial charge in [0.25, 0.3) is 0 Å². The first-order valence-corrected chi connectivity index (χ1v) is 5.64. The number of quaternary nitrogens is 1. The van der Waals surface area contributed by atoms with Crippen molar-refractivity contribution in [3.05, 3.63) is 5.21 Å². The lowest BCUT2D eigenvalue weighted by atomic mass is 10.1. The third-order valence-electron chi connectivity index (χ3n) is 3.48. The van der Waals surface area contributed by atoms with Crippen LogP contribution >= 0.6 is 0 Å². The van der Waals surface area contributed by atoms with Crippen molar-refractivity contribution in [3.63, 3.8) is 0 Å². The number of likely N-dealkylation sites (N-methyl/N-ethyl adjacent to an activating group) is 1. The first-order chi connectivity index (χ1) is 7.03. The predicted molar refractivity (Wildman–Crippen MR) is 57.0 cm³/mol. The second kappa shape index (κ2) is 3.64. The molecule has 0 spiro atoms. The van der Waals surface area contributed by atoms with Gasteiger partial charge in [0.2, 0.25) is 0 Å². The monoisotopic (exact) mass is 213 g/mol. The Hall–Kier alpha value is -0.810. The molecule has 0 bridgehead atoms. The van der Waals surface area contributed by atoms with E-state index in [2.05, 4.69) is 0 Å². The molecule has 0 aromatic heterocycles. The number of carbonyl (C=O) groups is 1. The van der Waals surface area contributed by atoms with E-state index in [1.807, 2.05) is 16.7 Å². The summed E-state index contributed by atoms with van der Waals surface area (Å²) in [5, 5.41) is 11.8. The van der Waals surface area contributed by atoms with Gasteiger partial charge in [-0.15, -0.1) is 0 Å². The molecule has 2 saturated heterocycles. The summed E-state index contributed by atoms with van der Waals surface area (Å²) in [5.41, 5.74) is 0. The van der Waals surface area contributed by atoms with Crippen LogP contribution < -0.4 is 0 Å². The number of carbonyl (C=O) groups excluding carboxylic acids is 1. The third kappa shape index (κ3) is 1.94. The number of hydrogen-bond donors (Lipinski definition) is 0. The van der Waals surface area contributed by atoms with Crippen LogP contribution in [0.25, 0.3) is 0 Å². The molecule has 0 aliphatic carbocycles. The van der Waals surface area contributed by atoms with Crippen molar-refractivity contribution in [3.8, 4) is 0 Å². The Bertz CT molecular complexity index is 267. The maximum atomic E-state index is 11.9. The molecule has 1 unspecified atom stereocenters. The van der Waals surface area contributed by atoms with Gasteiger partial charge in [-0.1, -0.05) is 0 Å². The van der Waals surface area contributed by atoms with Crippen molar-refractivity contribution in [2.24, 2.45) is 0 Å². The molecule has 86 valence electrons. The molecule has 5 nitrogen and oxygen atoms in total. The molecule has 0 saturated carbocycles. The Morgan fingerprint density at radius 1 is 1.53 bits per heavy atom. The SMILES string of the molecule is CCN1CC[C@@H]2C[N+](C)([O-])CCN2C1=O. The van der Waals surface area contributed by atoms with Crippen molar-refractivity contribution in [2.45, 2.75) is 19.4 Å². The summed E-state index contributed by atoms with van der Waals surface area (Å²) in [6.07, 6.45) is 0.940. The fraction of sp³-hybridized carbons (Fsp3) is 0.900. The standard InChI is InChI=1S/C10H19N3O2/c1-3-11-5-4-9-8-13(2,15)7-6-12(9)10(11)14/h9H,3-8H2,1-2H3/t9-,13?/m1/s1. The number of fused-ring (bicyclic) bond motifs is 1. The van der Waals surface area contributed by atoms with E-state index < -0.39 is 0 Å². The van der Waals surface area contributed by atoms with Gasteiger partial charge in [-0.05, 0) is 13.3 Å². The van der Waals surface area contributed by atoms with Crippen LogP contribution in [0.3, 0.4) is 0 Å². The summed E-state index contributed by atoms with van der Waals surface area (Å²) in [5.74, 6) is 0. The number of hydrogen-bond acceptors (Lipinski definition) is 2. The fourth-order valence-electron chi connectivity index (χ4n) is 2.51. The number of amides is 2. The maximum Gasteiger partial charge on any atom is 0.320 e. The van der Waals surface area contributed by atoms with Crippen molar-refractivity contribution in [1.82, 2.24) is 9.80 Å². The Labute approximate surface area is 90.4 Å². The number of urea groups is 1. The number of rotatable bonds is 1. The fourth-order valence-corrected chi connectivity index (χ4v) is 2.51. The van der Waals surface area contributed by atoms with Crippen molar-refractivity contribution >= 4 is 6.03 Å². The maximum absolute atomic E-state index is 11.9. The lowest BCUT2D eigenvalue weighted by Gasteiger charge is -2.52. The van der Waals surface area contributed by atoms with Gasteiger partial charge < -0.3 is 19.7 Å². The molecule has 0 radical (unpaired) electrons. The summed E-state index contributed by atoms with van der Waals surface area (Å²) in [6.45, 7) is 5.26. The highest BCUT2D eigenvalue weighted by Gasteiger charge is 2.39. The molecule has 5 heteroatoms. The lowest BCUT2D eigenvalue weighted by molar-refractivity contribution is -0.868. The highest BCUT2D eigenvalue weighted by molar-refractivity contribution is 5.75. The van der Waals surface area contributed by atoms with Gasteiger partial charge in [0, 0.05) is 13.1 Å². The molecular formula is C10H19N3O2. The average molecular weight is 213 g/mol. The van der Waals surface area contributed by atoms with Crippen molar-refractivity contribution in [1.29, 1.82) is 0 Å². The van der Waals surface area contributed by atoms with Gasteiger partial charge in [0.15, 0.2) is 0 Å². The highest BCUT2D eigenvalue weighted by atomic mass is 16.5. The molecule has 0 N–H and O–H groups in total. The zero-order chi connectivity index (χ0) is 11.1. The molecule has 0 aromatic rings. The van der Waals surface area contributed by atoms with Gasteiger partial charge in [-0.25, -0.2) is 4.79 Å². The van der Waals surface area contributed by atoms with Gasteiger partial charge in [-0.2, -0.15) is 0 Å². The van der Waals surface area contributed by atoms with E-state index in [0.717, 1.165) is 19.5 Å². The van der Waals surface area contributed by atoms with E-state index >= 15 is 0 Å². The second-order valence-electron chi connectivity index (χ2n) is 4.70. The van der Waals surface area contributed by atoms with Crippen LogP contribution in [-0.2, 0) is 0 Å². The smallest absolute Gasteiger partial charge is 0.320 e. The molecule has 2 rings (SSSR count). The molecule has 2 aliphatic heterocycles. The molecule has 2 heterocycles. The van der Waals surface area contributed by atoms with Gasteiger partial charge in [0.1, 0.15) is 0 Å². The topological polar surface area (TPSA) is 46.6 Å². The van der Waals surface area contributed by atoms with Gasteiger partial charge in [0.05, 0.1) is 32.7 Å². The largest absolute Gasteiger partial charge is 0.633 e. The van der Waals surface area contributed by atoms with Crippen molar-refractivity contribution < 1.29 is 9.44 Å². The molecule has 2 fully saturated rings. The summed E-state index contributed by atoms with van der Waals surface area (Å²) in [7, 11) is 1.70. The van der Waals surface area contributed by atoms with Gasteiger partial charge in [-0.3, -0.25) is 0 Å². The molecule has 2 aliphatic rings. The number of nitrogens with zero attached hydrogens (tertiary/aromatic N) is 3. The zero-order valence-electron chi connectivity index (χ0n) is 9.48. The first kappa shape index (κ1) is 10.7. The Morgan fingerprint density at radius 3 is 2.93 bits per heavy atom. The van der Waals surface area contributed by atoms with Crippen LogP contribution in [0.2, 0.25) is 0 Å². The predicted octanol–water partition coefficient (Wildman–Crippen LogP) is 0.461. The minimum absolute atomic E-state index is 0.119. The molecule has 0 aromatic carbocycles. The van der Waals surface area contributed by atoms with E-state index in [1.165, 1.54) is 0 Å². The zero-order valence-corrected chi connectivity index (χ0v) is 9.48. The third-order valence-corrected chi connectivity index (χ3v) is 3.48. The van der Waals surface area contributed by atoms with Crippen LogP contribution in [0.4, 0.5) is 4.79 Å². The van der Waals surface area contributed by atoms with E-state index in [9.17, 15) is 10.0 Å². The van der Waals surface area contributed by atoms with Gasteiger partial charge >= 0.3 is 6.03 Å². The number of hydroxylamine groups is 3. The second-order valence-corrected chi connectivity index (χ2v) is 4.70.